The molecular weight excluding hydrogens is 180 g/mol. The Morgan fingerprint density at radius 2 is 2.14 bits per heavy atom. The van der Waals surface area contributed by atoms with E-state index in [0.29, 0.717) is 6.61 Å². The number of carbonyl (C=O) groups excluding carboxylic acids is 1. The molecule has 0 aliphatic heterocycles. The van der Waals surface area contributed by atoms with Crippen molar-refractivity contribution >= 4 is 6.03 Å². The third kappa shape index (κ3) is 6.71. The largest absolute Gasteiger partial charge is 0.383 e. The summed E-state index contributed by atoms with van der Waals surface area (Å²) in [5.41, 5.74) is 0. The molecule has 0 aliphatic rings. The Balaban J connectivity index is 3.56. The van der Waals surface area contributed by atoms with Crippen molar-refractivity contribution in [3.05, 3.63) is 0 Å². The van der Waals surface area contributed by atoms with Gasteiger partial charge in [0.05, 0.1) is 12.6 Å². The fraction of sp³-hybridized carbons (Fsp3) is 0.900. The van der Waals surface area contributed by atoms with Gasteiger partial charge in [0.15, 0.2) is 0 Å². The van der Waals surface area contributed by atoms with Crippen molar-refractivity contribution in [1.29, 1.82) is 0 Å². The molecule has 0 saturated carbocycles. The third-order valence-corrected chi connectivity index (χ3v) is 2.01. The number of nitrogens with one attached hydrogen (secondary N) is 2. The molecular formula is C10H22N2O2. The van der Waals surface area contributed by atoms with E-state index < -0.39 is 0 Å². The Hall–Kier alpha value is -0.770. The first kappa shape index (κ1) is 13.2. The van der Waals surface area contributed by atoms with Crippen LogP contribution in [-0.4, -0.2) is 32.3 Å². The van der Waals surface area contributed by atoms with E-state index in [1.807, 2.05) is 6.92 Å². The Morgan fingerprint density at radius 3 is 2.64 bits per heavy atom. The summed E-state index contributed by atoms with van der Waals surface area (Å²) in [6.45, 7) is 5.43. The molecule has 0 spiro atoms. The molecule has 0 radical (unpaired) electrons. The van der Waals surface area contributed by atoms with Crippen molar-refractivity contribution in [2.75, 3.05) is 20.3 Å². The summed E-state index contributed by atoms with van der Waals surface area (Å²) in [5, 5.41) is 5.65. The molecule has 4 nitrogen and oxygen atoms in total. The number of carbonyl (C=O) groups is 1. The van der Waals surface area contributed by atoms with Gasteiger partial charge >= 0.3 is 6.03 Å². The van der Waals surface area contributed by atoms with Gasteiger partial charge in [0.1, 0.15) is 0 Å². The molecule has 0 aliphatic carbocycles. The Labute approximate surface area is 86.4 Å². The van der Waals surface area contributed by atoms with Crippen molar-refractivity contribution in [2.45, 2.75) is 39.2 Å². The smallest absolute Gasteiger partial charge is 0.315 e. The molecule has 0 aromatic carbocycles. The lowest BCUT2D eigenvalue weighted by Gasteiger charge is -2.16. The molecule has 84 valence electrons. The first-order valence-electron chi connectivity index (χ1n) is 5.27. The van der Waals surface area contributed by atoms with E-state index in [1.165, 1.54) is 0 Å². The van der Waals surface area contributed by atoms with E-state index >= 15 is 0 Å². The van der Waals surface area contributed by atoms with Crippen LogP contribution in [0.2, 0.25) is 0 Å². The molecule has 0 heterocycles. The minimum Gasteiger partial charge on any atom is -0.383 e. The molecule has 1 atom stereocenters. The zero-order chi connectivity index (χ0) is 10.8. The Kier molecular flexibility index (Phi) is 8.33. The molecule has 0 saturated heterocycles. The standard InChI is InChI=1S/C10H22N2O2/c1-4-6-7-11-10(13)12-9(5-2)8-14-3/h9H,4-8H2,1-3H3,(H2,11,12,13). The van der Waals surface area contributed by atoms with Gasteiger partial charge in [0.25, 0.3) is 0 Å². The maximum absolute atomic E-state index is 11.3. The number of amides is 2. The normalized spacial score (nSPS) is 12.2. The predicted molar refractivity (Wildman–Crippen MR) is 57.4 cm³/mol. The maximum atomic E-state index is 11.3. The van der Waals surface area contributed by atoms with Gasteiger partial charge in [0.2, 0.25) is 0 Å². The van der Waals surface area contributed by atoms with Gasteiger partial charge in [0, 0.05) is 13.7 Å². The zero-order valence-corrected chi connectivity index (χ0v) is 9.43. The van der Waals surface area contributed by atoms with Crippen LogP contribution in [-0.2, 0) is 4.74 Å². The average molecular weight is 202 g/mol. The van der Waals surface area contributed by atoms with Gasteiger partial charge < -0.3 is 15.4 Å². The van der Waals surface area contributed by atoms with E-state index in [0.717, 1.165) is 25.8 Å². The molecule has 0 bridgehead atoms. The van der Waals surface area contributed by atoms with Crippen LogP contribution in [0.3, 0.4) is 0 Å². The Bertz CT molecular complexity index is 151. The summed E-state index contributed by atoms with van der Waals surface area (Å²) in [6, 6.07) is 0.0176. The monoisotopic (exact) mass is 202 g/mol. The van der Waals surface area contributed by atoms with E-state index in [-0.39, 0.29) is 12.1 Å². The van der Waals surface area contributed by atoms with Crippen molar-refractivity contribution in [2.24, 2.45) is 0 Å². The van der Waals surface area contributed by atoms with Crippen molar-refractivity contribution in [3.8, 4) is 0 Å². The van der Waals surface area contributed by atoms with Crippen LogP contribution in [0.15, 0.2) is 0 Å². The van der Waals surface area contributed by atoms with Gasteiger partial charge in [-0.15, -0.1) is 0 Å². The van der Waals surface area contributed by atoms with Gasteiger partial charge in [-0.05, 0) is 12.8 Å². The van der Waals surface area contributed by atoms with Gasteiger partial charge in [-0.1, -0.05) is 20.3 Å². The van der Waals surface area contributed by atoms with E-state index in [1.54, 1.807) is 7.11 Å². The minimum absolute atomic E-state index is 0.0950. The van der Waals surface area contributed by atoms with Crippen molar-refractivity contribution < 1.29 is 9.53 Å². The summed E-state index contributed by atoms with van der Waals surface area (Å²) in [6.07, 6.45) is 3.00. The molecule has 0 aromatic heterocycles. The van der Waals surface area contributed by atoms with Gasteiger partial charge in [-0.3, -0.25) is 0 Å². The lowest BCUT2D eigenvalue weighted by Crippen LogP contribution is -2.44. The minimum atomic E-state index is -0.0950. The predicted octanol–water partition coefficient (Wildman–Crippen LogP) is 1.51. The highest BCUT2D eigenvalue weighted by molar-refractivity contribution is 5.74. The van der Waals surface area contributed by atoms with Crippen molar-refractivity contribution in [1.82, 2.24) is 10.6 Å². The van der Waals surface area contributed by atoms with Crippen LogP contribution < -0.4 is 10.6 Å². The summed E-state index contributed by atoms with van der Waals surface area (Å²) in [4.78, 5) is 11.3. The SMILES string of the molecule is CCCCNC(=O)NC(CC)COC. The Morgan fingerprint density at radius 1 is 1.43 bits per heavy atom. The fourth-order valence-corrected chi connectivity index (χ4v) is 1.08. The fourth-order valence-electron chi connectivity index (χ4n) is 1.08. The number of rotatable bonds is 7. The second-order valence-electron chi connectivity index (χ2n) is 3.31. The maximum Gasteiger partial charge on any atom is 0.315 e. The second kappa shape index (κ2) is 8.81. The van der Waals surface area contributed by atoms with Crippen LogP contribution in [0.1, 0.15) is 33.1 Å². The van der Waals surface area contributed by atoms with Crippen LogP contribution >= 0.6 is 0 Å². The van der Waals surface area contributed by atoms with Crippen LogP contribution in [0.25, 0.3) is 0 Å². The highest BCUT2D eigenvalue weighted by Crippen LogP contribution is 1.91. The van der Waals surface area contributed by atoms with Crippen LogP contribution in [0.4, 0.5) is 4.79 Å². The highest BCUT2D eigenvalue weighted by atomic mass is 16.5. The number of urea groups is 1. The van der Waals surface area contributed by atoms with E-state index in [9.17, 15) is 4.79 Å². The zero-order valence-electron chi connectivity index (χ0n) is 9.43. The third-order valence-electron chi connectivity index (χ3n) is 2.01. The topological polar surface area (TPSA) is 50.4 Å². The summed E-state index contributed by atoms with van der Waals surface area (Å²) >= 11 is 0. The molecule has 4 heteroatoms. The first-order valence-corrected chi connectivity index (χ1v) is 5.27. The molecule has 0 rings (SSSR count). The summed E-state index contributed by atoms with van der Waals surface area (Å²) in [7, 11) is 1.64. The average Bonchev–Trinajstić information content (AvgIpc) is 2.17. The van der Waals surface area contributed by atoms with Crippen LogP contribution in [0.5, 0.6) is 0 Å². The van der Waals surface area contributed by atoms with E-state index in [4.69, 9.17) is 4.74 Å². The summed E-state index contributed by atoms with van der Waals surface area (Å²) < 4.78 is 4.98. The number of ether oxygens (including phenoxy) is 1. The summed E-state index contributed by atoms with van der Waals surface area (Å²) in [5.74, 6) is 0. The molecule has 2 amide bonds. The van der Waals surface area contributed by atoms with Gasteiger partial charge in [-0.2, -0.15) is 0 Å². The number of hydrogen-bond donors (Lipinski definition) is 2. The lowest BCUT2D eigenvalue weighted by molar-refractivity contribution is 0.163. The number of hydrogen-bond acceptors (Lipinski definition) is 2. The molecule has 14 heavy (non-hydrogen) atoms. The molecule has 0 aromatic rings. The van der Waals surface area contributed by atoms with Gasteiger partial charge in [-0.25, -0.2) is 4.79 Å². The lowest BCUT2D eigenvalue weighted by atomic mass is 10.2. The number of methoxy groups -OCH3 is 1. The van der Waals surface area contributed by atoms with Crippen LogP contribution in [0, 0.1) is 0 Å². The number of unbranched alkanes of at least 4 members (excludes halogenated alkanes) is 1. The van der Waals surface area contributed by atoms with E-state index in [2.05, 4.69) is 17.6 Å². The quantitative estimate of drug-likeness (QED) is 0.615. The molecule has 1 unspecified atom stereocenters. The highest BCUT2D eigenvalue weighted by Gasteiger charge is 2.08. The first-order chi connectivity index (χ1) is 6.74. The molecule has 0 fully saturated rings. The molecule has 2 N–H and O–H groups in total. The van der Waals surface area contributed by atoms with Crippen molar-refractivity contribution in [3.63, 3.8) is 0 Å². The second-order valence-corrected chi connectivity index (χ2v) is 3.31.